The quantitative estimate of drug-likeness (QED) is 0.532. The van der Waals surface area contributed by atoms with Gasteiger partial charge < -0.3 is 15.3 Å². The second-order valence-electron chi connectivity index (χ2n) is 5.27. The molecule has 0 unspecified atom stereocenters. The fraction of sp³-hybridized carbons (Fsp3) is 0. The van der Waals surface area contributed by atoms with E-state index in [1.54, 1.807) is 24.5 Å². The Morgan fingerprint density at radius 3 is 2.33 bits per heavy atom. The van der Waals surface area contributed by atoms with E-state index in [4.69, 9.17) is 11.6 Å². The third-order valence-electron chi connectivity index (χ3n) is 3.60. The number of halogens is 1. The van der Waals surface area contributed by atoms with E-state index in [9.17, 15) is 4.79 Å². The minimum atomic E-state index is -0.221. The van der Waals surface area contributed by atoms with Crippen molar-refractivity contribution in [1.82, 2.24) is 19.9 Å². The van der Waals surface area contributed by atoms with Gasteiger partial charge in [-0.05, 0) is 42.0 Å². The molecular formula is C17H12ClN5O. The molecule has 2 aromatic carbocycles. The van der Waals surface area contributed by atoms with Gasteiger partial charge in [-0.2, -0.15) is 0 Å². The Labute approximate surface area is 141 Å². The number of hydrogen-bond donors (Lipinski definition) is 3. The van der Waals surface area contributed by atoms with Crippen LogP contribution in [0.3, 0.4) is 0 Å². The number of anilines is 2. The van der Waals surface area contributed by atoms with Crippen molar-refractivity contribution in [3.63, 3.8) is 0 Å². The van der Waals surface area contributed by atoms with Crippen LogP contribution in [0, 0.1) is 0 Å². The summed E-state index contributed by atoms with van der Waals surface area (Å²) in [5.74, 6) is 0.497. The Kier molecular flexibility index (Phi) is 3.51. The van der Waals surface area contributed by atoms with Gasteiger partial charge in [-0.1, -0.05) is 17.7 Å². The molecule has 3 N–H and O–H groups in total. The van der Waals surface area contributed by atoms with Gasteiger partial charge in [0.2, 0.25) is 5.95 Å². The summed E-state index contributed by atoms with van der Waals surface area (Å²) in [6.45, 7) is 0. The number of aromatic amines is 2. The van der Waals surface area contributed by atoms with Crippen molar-refractivity contribution in [3.05, 3.63) is 70.4 Å². The molecule has 0 saturated heterocycles. The molecule has 0 aliphatic carbocycles. The summed E-state index contributed by atoms with van der Waals surface area (Å²) in [6, 6.07) is 13.0. The summed E-state index contributed by atoms with van der Waals surface area (Å²) in [4.78, 5) is 25.4. The van der Waals surface area contributed by atoms with E-state index >= 15 is 0 Å². The first-order valence-corrected chi connectivity index (χ1v) is 7.62. The number of nitrogens with one attached hydrogen (secondary N) is 3. The van der Waals surface area contributed by atoms with E-state index in [-0.39, 0.29) is 5.69 Å². The smallest absolute Gasteiger partial charge is 0.323 e. The Morgan fingerprint density at radius 2 is 1.58 bits per heavy atom. The van der Waals surface area contributed by atoms with Crippen molar-refractivity contribution >= 4 is 34.3 Å². The van der Waals surface area contributed by atoms with Gasteiger partial charge in [-0.15, -0.1) is 0 Å². The van der Waals surface area contributed by atoms with Crippen molar-refractivity contribution in [2.75, 3.05) is 5.32 Å². The first-order chi connectivity index (χ1) is 11.7. The zero-order valence-corrected chi connectivity index (χ0v) is 13.1. The monoisotopic (exact) mass is 337 g/mol. The first-order valence-electron chi connectivity index (χ1n) is 7.24. The maximum atomic E-state index is 11.3. The van der Waals surface area contributed by atoms with Gasteiger partial charge in [0, 0.05) is 28.7 Å². The van der Waals surface area contributed by atoms with E-state index in [2.05, 4.69) is 25.3 Å². The van der Waals surface area contributed by atoms with Crippen LogP contribution < -0.4 is 11.0 Å². The van der Waals surface area contributed by atoms with Crippen LogP contribution in [-0.4, -0.2) is 19.9 Å². The van der Waals surface area contributed by atoms with Gasteiger partial charge in [-0.3, -0.25) is 0 Å². The molecule has 0 atom stereocenters. The summed E-state index contributed by atoms with van der Waals surface area (Å²) in [5, 5.41) is 3.79. The fourth-order valence-corrected chi connectivity index (χ4v) is 2.54. The highest BCUT2D eigenvalue weighted by atomic mass is 35.5. The molecule has 4 rings (SSSR count). The topological polar surface area (TPSA) is 86.5 Å². The lowest BCUT2D eigenvalue weighted by Gasteiger charge is -2.06. The minimum Gasteiger partial charge on any atom is -0.324 e. The lowest BCUT2D eigenvalue weighted by molar-refractivity contribution is 1.17. The number of imidazole rings is 1. The number of hydrogen-bond acceptors (Lipinski definition) is 4. The molecule has 7 heteroatoms. The standard InChI is InChI=1S/C17H12ClN5O/c18-12-2-4-13(5-3-12)21-16-19-8-11(9-20-16)10-1-6-14-15(7-10)23-17(24)22-14/h1-9H,(H,19,20,21)(H2,22,23,24). The second kappa shape index (κ2) is 5.82. The van der Waals surface area contributed by atoms with E-state index < -0.39 is 0 Å². The number of rotatable bonds is 3. The zero-order chi connectivity index (χ0) is 16.5. The largest absolute Gasteiger partial charge is 0.324 e. The molecule has 0 fully saturated rings. The Morgan fingerprint density at radius 1 is 0.875 bits per heavy atom. The van der Waals surface area contributed by atoms with Crippen molar-refractivity contribution in [3.8, 4) is 11.1 Å². The molecule has 24 heavy (non-hydrogen) atoms. The lowest BCUT2D eigenvalue weighted by atomic mass is 10.1. The van der Waals surface area contributed by atoms with E-state index in [1.165, 1.54) is 0 Å². The Hall–Kier alpha value is -3.12. The molecule has 2 aromatic heterocycles. The van der Waals surface area contributed by atoms with Crippen molar-refractivity contribution < 1.29 is 0 Å². The highest BCUT2D eigenvalue weighted by molar-refractivity contribution is 6.30. The van der Waals surface area contributed by atoms with Crippen molar-refractivity contribution in [2.24, 2.45) is 0 Å². The summed E-state index contributed by atoms with van der Waals surface area (Å²) in [6.07, 6.45) is 3.47. The lowest BCUT2D eigenvalue weighted by Crippen LogP contribution is -1.99. The molecule has 2 heterocycles. The second-order valence-corrected chi connectivity index (χ2v) is 5.70. The van der Waals surface area contributed by atoms with Gasteiger partial charge >= 0.3 is 5.69 Å². The molecule has 0 aliphatic heterocycles. The predicted molar refractivity (Wildman–Crippen MR) is 94.7 cm³/mol. The average molecular weight is 338 g/mol. The Bertz CT molecular complexity index is 1050. The van der Waals surface area contributed by atoms with E-state index in [0.29, 0.717) is 11.0 Å². The fourth-order valence-electron chi connectivity index (χ4n) is 2.42. The van der Waals surface area contributed by atoms with Gasteiger partial charge in [-0.25, -0.2) is 14.8 Å². The van der Waals surface area contributed by atoms with Gasteiger partial charge in [0.15, 0.2) is 0 Å². The van der Waals surface area contributed by atoms with Crippen molar-refractivity contribution in [2.45, 2.75) is 0 Å². The third-order valence-corrected chi connectivity index (χ3v) is 3.85. The molecular weight excluding hydrogens is 326 g/mol. The van der Waals surface area contributed by atoms with Crippen LogP contribution in [0.1, 0.15) is 0 Å². The molecule has 4 aromatic rings. The van der Waals surface area contributed by atoms with Crippen LogP contribution in [0.2, 0.25) is 5.02 Å². The molecule has 0 spiro atoms. The number of aromatic nitrogens is 4. The molecule has 0 bridgehead atoms. The Balaban J connectivity index is 1.60. The molecule has 0 saturated carbocycles. The van der Waals surface area contributed by atoms with Crippen LogP contribution in [0.5, 0.6) is 0 Å². The number of benzene rings is 2. The molecule has 6 nitrogen and oxygen atoms in total. The first kappa shape index (κ1) is 14.5. The summed E-state index contributed by atoms with van der Waals surface area (Å²) in [5.41, 5.74) is 3.95. The molecule has 118 valence electrons. The van der Waals surface area contributed by atoms with Crippen LogP contribution >= 0.6 is 11.6 Å². The van der Waals surface area contributed by atoms with Crippen LogP contribution in [0.15, 0.2) is 59.7 Å². The SMILES string of the molecule is O=c1[nH]c2ccc(-c3cnc(Nc4ccc(Cl)cc4)nc3)cc2[nH]1. The third kappa shape index (κ3) is 2.87. The zero-order valence-electron chi connectivity index (χ0n) is 12.4. The molecule has 0 radical (unpaired) electrons. The highest BCUT2D eigenvalue weighted by Crippen LogP contribution is 2.22. The van der Waals surface area contributed by atoms with Crippen LogP contribution in [0.25, 0.3) is 22.2 Å². The van der Waals surface area contributed by atoms with Gasteiger partial charge in [0.1, 0.15) is 0 Å². The maximum absolute atomic E-state index is 11.3. The van der Waals surface area contributed by atoms with Crippen LogP contribution in [0.4, 0.5) is 11.6 Å². The van der Waals surface area contributed by atoms with Crippen LogP contribution in [-0.2, 0) is 0 Å². The normalized spacial score (nSPS) is 10.9. The van der Waals surface area contributed by atoms with Gasteiger partial charge in [0.25, 0.3) is 0 Å². The molecule has 0 aliphatic rings. The number of fused-ring (bicyclic) bond motifs is 1. The average Bonchev–Trinajstić information content (AvgIpc) is 2.97. The number of H-pyrrole nitrogens is 2. The maximum Gasteiger partial charge on any atom is 0.323 e. The summed E-state index contributed by atoms with van der Waals surface area (Å²) in [7, 11) is 0. The minimum absolute atomic E-state index is 0.221. The molecule has 0 amide bonds. The van der Waals surface area contributed by atoms with E-state index in [0.717, 1.165) is 27.8 Å². The van der Waals surface area contributed by atoms with Gasteiger partial charge in [0.05, 0.1) is 11.0 Å². The summed E-state index contributed by atoms with van der Waals surface area (Å²) >= 11 is 5.86. The summed E-state index contributed by atoms with van der Waals surface area (Å²) < 4.78 is 0. The number of nitrogens with zero attached hydrogens (tertiary/aromatic N) is 2. The van der Waals surface area contributed by atoms with E-state index in [1.807, 2.05) is 30.3 Å². The predicted octanol–water partition coefficient (Wildman–Crippen LogP) is 3.71. The highest BCUT2D eigenvalue weighted by Gasteiger charge is 2.04. The van der Waals surface area contributed by atoms with Crippen molar-refractivity contribution in [1.29, 1.82) is 0 Å².